The predicted octanol–water partition coefficient (Wildman–Crippen LogP) is 2.84. The van der Waals surface area contributed by atoms with Crippen LogP contribution in [0.1, 0.15) is 25.7 Å². The van der Waals surface area contributed by atoms with Crippen LogP contribution in [0.4, 0.5) is 0 Å². The normalized spacial score (nSPS) is 27.2. The first-order valence-electron chi connectivity index (χ1n) is 4.52. The van der Waals surface area contributed by atoms with Gasteiger partial charge in [-0.2, -0.15) is 0 Å². The van der Waals surface area contributed by atoms with Gasteiger partial charge in [-0.3, -0.25) is 0 Å². The molecule has 1 atom stereocenters. The van der Waals surface area contributed by atoms with E-state index in [1.54, 1.807) is 0 Å². The molecule has 1 rings (SSSR count). The summed E-state index contributed by atoms with van der Waals surface area (Å²) < 4.78 is 0.838. The Labute approximate surface area is 73.4 Å². The van der Waals surface area contributed by atoms with Gasteiger partial charge in [0.1, 0.15) is 0 Å². The van der Waals surface area contributed by atoms with Gasteiger partial charge in [0.25, 0.3) is 0 Å². The Kier molecular flexibility index (Phi) is 3.01. The molecule has 1 aliphatic rings. The number of carbonyl (C=O) groups excluding carboxylic acids is 1. The number of rotatable bonds is 1. The van der Waals surface area contributed by atoms with E-state index in [0.717, 1.165) is 23.2 Å². The van der Waals surface area contributed by atoms with Crippen molar-refractivity contribution in [1.82, 2.24) is 0 Å². The molecule has 0 heterocycles. The second-order valence-electron chi connectivity index (χ2n) is 4.70. The Bertz CT molecular complexity index is 157. The molecule has 1 fully saturated rings. The second kappa shape index (κ2) is 3.46. The third-order valence-electron chi connectivity index (χ3n) is 2.71. The van der Waals surface area contributed by atoms with Crippen LogP contribution >= 0.6 is 0 Å². The molecule has 1 unspecified atom stereocenters. The standard InChI is InChI=1S/C6H9O.3CH3.Sn/c7-6-4-2-1-3-5-6;;;;/h2H,1,3-5H2;3*1H3;. The number of ketones is 1. The minimum atomic E-state index is -1.71. The van der Waals surface area contributed by atoms with Crippen molar-refractivity contribution in [3.05, 3.63) is 0 Å². The number of carbonyl (C=O) groups is 1. The van der Waals surface area contributed by atoms with Crippen LogP contribution in [0.2, 0.25) is 18.8 Å². The third kappa shape index (κ3) is 2.77. The molecule has 1 aliphatic carbocycles. The minimum absolute atomic E-state index is 0.521. The molecule has 0 spiro atoms. The van der Waals surface area contributed by atoms with Gasteiger partial charge in [0.2, 0.25) is 0 Å². The fourth-order valence-corrected chi connectivity index (χ4v) is 7.22. The van der Waals surface area contributed by atoms with Crippen molar-refractivity contribution < 1.29 is 4.79 Å². The van der Waals surface area contributed by atoms with Crippen LogP contribution in [-0.2, 0) is 4.79 Å². The van der Waals surface area contributed by atoms with E-state index in [4.69, 9.17) is 0 Å². The van der Waals surface area contributed by atoms with Crippen molar-refractivity contribution >= 4 is 24.2 Å². The van der Waals surface area contributed by atoms with Gasteiger partial charge in [-0.05, 0) is 0 Å². The van der Waals surface area contributed by atoms with Crippen molar-refractivity contribution in [3.8, 4) is 0 Å². The molecule has 2 heteroatoms. The van der Waals surface area contributed by atoms with Crippen molar-refractivity contribution in [2.75, 3.05) is 0 Å². The average molecular weight is 261 g/mol. The van der Waals surface area contributed by atoms with E-state index in [9.17, 15) is 4.79 Å². The Hall–Kier alpha value is 0.469. The molecule has 1 nitrogen and oxygen atoms in total. The zero-order chi connectivity index (χ0) is 8.48. The number of hydrogen-bond acceptors (Lipinski definition) is 1. The molecule has 0 saturated heterocycles. The molecule has 64 valence electrons. The molecule has 0 aromatic heterocycles. The summed E-state index contributed by atoms with van der Waals surface area (Å²) in [5.74, 6) is 0.521. The van der Waals surface area contributed by atoms with E-state index in [1.165, 1.54) is 6.42 Å². The van der Waals surface area contributed by atoms with Crippen molar-refractivity contribution in [1.29, 1.82) is 0 Å². The topological polar surface area (TPSA) is 17.1 Å². The molecule has 1 saturated carbocycles. The van der Waals surface area contributed by atoms with E-state index in [2.05, 4.69) is 14.8 Å². The van der Waals surface area contributed by atoms with Gasteiger partial charge in [0.05, 0.1) is 0 Å². The van der Waals surface area contributed by atoms with E-state index in [0.29, 0.717) is 5.78 Å². The molecule has 0 N–H and O–H groups in total. The molecule has 0 aromatic carbocycles. The van der Waals surface area contributed by atoms with E-state index in [1.807, 2.05) is 0 Å². The first kappa shape index (κ1) is 9.56. The van der Waals surface area contributed by atoms with Crippen LogP contribution < -0.4 is 0 Å². The zero-order valence-corrected chi connectivity index (χ0v) is 10.7. The Morgan fingerprint density at radius 1 is 1.36 bits per heavy atom. The Balaban J connectivity index is 2.53. The predicted molar refractivity (Wildman–Crippen MR) is 50.6 cm³/mol. The van der Waals surface area contributed by atoms with Crippen LogP contribution in [0.15, 0.2) is 0 Å². The number of Topliss-reactive ketones (excluding diaryl/α,β-unsaturated/α-hetero) is 1. The van der Waals surface area contributed by atoms with Gasteiger partial charge in [-0.25, -0.2) is 0 Å². The van der Waals surface area contributed by atoms with Gasteiger partial charge in [-0.15, -0.1) is 0 Å². The summed E-state index contributed by atoms with van der Waals surface area (Å²) in [5, 5.41) is 0. The molecule has 11 heavy (non-hydrogen) atoms. The van der Waals surface area contributed by atoms with Crippen molar-refractivity contribution in [2.24, 2.45) is 0 Å². The van der Waals surface area contributed by atoms with Crippen LogP contribution in [0.25, 0.3) is 0 Å². The van der Waals surface area contributed by atoms with Crippen LogP contribution in [0.3, 0.4) is 0 Å². The summed E-state index contributed by atoms with van der Waals surface area (Å²) in [6.07, 6.45) is 4.28. The molecule has 0 aromatic rings. The zero-order valence-electron chi connectivity index (χ0n) is 7.81. The van der Waals surface area contributed by atoms with Gasteiger partial charge in [0.15, 0.2) is 0 Å². The first-order valence-corrected chi connectivity index (χ1v) is 14.7. The van der Waals surface area contributed by atoms with Gasteiger partial charge >= 0.3 is 73.4 Å². The van der Waals surface area contributed by atoms with Gasteiger partial charge < -0.3 is 0 Å². The quantitative estimate of drug-likeness (QED) is 0.663. The van der Waals surface area contributed by atoms with Crippen LogP contribution in [-0.4, -0.2) is 24.2 Å². The Morgan fingerprint density at radius 2 is 2.00 bits per heavy atom. The summed E-state index contributed by atoms with van der Waals surface area (Å²) in [6, 6.07) is 0. The molecule has 0 bridgehead atoms. The molecule has 0 radical (unpaired) electrons. The first-order chi connectivity index (χ1) is 5.00. The molecule has 0 amide bonds. The average Bonchev–Trinajstić information content (AvgIpc) is 1.86. The second-order valence-corrected chi connectivity index (χ2v) is 20.5. The maximum atomic E-state index is 11.2. The SMILES string of the molecule is [CH3][Sn]([CH3])([CH3])[CH]1CCCC(=O)C1. The third-order valence-corrected chi connectivity index (χ3v) is 11.1. The van der Waals surface area contributed by atoms with Gasteiger partial charge in [-0.1, -0.05) is 0 Å². The van der Waals surface area contributed by atoms with Crippen LogP contribution in [0, 0.1) is 0 Å². The summed E-state index contributed by atoms with van der Waals surface area (Å²) in [7, 11) is 0. The maximum absolute atomic E-state index is 11.2. The van der Waals surface area contributed by atoms with Crippen molar-refractivity contribution in [3.63, 3.8) is 0 Å². The molecular formula is C9H18OSn. The fraction of sp³-hybridized carbons (Fsp3) is 0.889. The summed E-state index contributed by atoms with van der Waals surface area (Å²) in [5.41, 5.74) is 0. The van der Waals surface area contributed by atoms with Crippen molar-refractivity contribution in [2.45, 2.75) is 44.4 Å². The van der Waals surface area contributed by atoms with Crippen LogP contribution in [0.5, 0.6) is 0 Å². The van der Waals surface area contributed by atoms with E-state index in [-0.39, 0.29) is 0 Å². The van der Waals surface area contributed by atoms with E-state index >= 15 is 0 Å². The van der Waals surface area contributed by atoms with Gasteiger partial charge in [0, 0.05) is 0 Å². The summed E-state index contributed by atoms with van der Waals surface area (Å²) in [6.45, 7) is 0. The summed E-state index contributed by atoms with van der Waals surface area (Å²) >= 11 is -1.71. The molecule has 0 aliphatic heterocycles. The number of hydrogen-bond donors (Lipinski definition) is 0. The van der Waals surface area contributed by atoms with E-state index < -0.39 is 18.4 Å². The summed E-state index contributed by atoms with van der Waals surface area (Å²) in [4.78, 5) is 18.5. The molecular weight excluding hydrogens is 243 g/mol. The Morgan fingerprint density at radius 3 is 2.36 bits per heavy atom. The fourth-order valence-electron chi connectivity index (χ4n) is 1.76. The monoisotopic (exact) mass is 262 g/mol.